The highest BCUT2D eigenvalue weighted by molar-refractivity contribution is 9.10. The van der Waals surface area contributed by atoms with Crippen LogP contribution in [0.5, 0.6) is 0 Å². The average Bonchev–Trinajstić information content (AvgIpc) is 3.06. The zero-order valence-corrected chi connectivity index (χ0v) is 15.1. The minimum Gasteiger partial charge on any atom is -0.452 e. The summed E-state index contributed by atoms with van der Waals surface area (Å²) in [5.41, 5.74) is -2.97. The predicted octanol–water partition coefficient (Wildman–Crippen LogP) is 3.61. The number of alkyl halides is 3. The topological polar surface area (TPSA) is 66.6 Å². The minimum atomic E-state index is -5.03. The molecule has 1 atom stereocenters. The van der Waals surface area contributed by atoms with Gasteiger partial charge in [-0.2, -0.15) is 13.2 Å². The second kappa shape index (κ2) is 6.85. The summed E-state index contributed by atoms with van der Waals surface area (Å²) in [6.45, 7) is 1.49. The zero-order chi connectivity index (χ0) is 18.1. The Hall–Kier alpha value is -1.39. The van der Waals surface area contributed by atoms with E-state index in [1.165, 1.54) is 19.4 Å². The number of aromatic nitrogens is 1. The molecule has 24 heavy (non-hydrogen) atoms. The lowest BCUT2D eigenvalue weighted by molar-refractivity contribution is -0.268. The van der Waals surface area contributed by atoms with E-state index in [1.807, 2.05) is 0 Å². The monoisotopic (exact) mass is 426 g/mol. The molecule has 2 aromatic rings. The molecule has 0 aliphatic heterocycles. The molecule has 0 aromatic carbocycles. The van der Waals surface area contributed by atoms with E-state index >= 15 is 0 Å². The smallest absolute Gasteiger partial charge is 0.424 e. The molecule has 0 aliphatic rings. The van der Waals surface area contributed by atoms with Gasteiger partial charge in [-0.25, -0.2) is 4.98 Å². The number of aryl methyl sites for hydroxylation is 1. The lowest BCUT2D eigenvalue weighted by Crippen LogP contribution is -2.46. The van der Waals surface area contributed by atoms with Crippen LogP contribution in [-0.2, 0) is 16.9 Å². The van der Waals surface area contributed by atoms with E-state index in [0.29, 0.717) is 27.5 Å². The van der Waals surface area contributed by atoms with Gasteiger partial charge in [0.05, 0.1) is 13.0 Å². The molecule has 2 rings (SSSR count). The Morgan fingerprint density at radius 2 is 2.12 bits per heavy atom. The second-order valence-electron chi connectivity index (χ2n) is 5.28. The zero-order valence-electron chi connectivity index (χ0n) is 12.7. The Morgan fingerprint density at radius 3 is 2.58 bits per heavy atom. The third kappa shape index (κ3) is 3.98. The maximum Gasteiger partial charge on any atom is 0.424 e. The first-order chi connectivity index (χ1) is 11.0. The average molecular weight is 427 g/mol. The van der Waals surface area contributed by atoms with Crippen LogP contribution in [0.15, 0.2) is 26.6 Å². The molecule has 0 saturated carbocycles. The number of thiazole rings is 1. The molecule has 0 fully saturated rings. The number of carbonyl (C=O) groups excluding carboxylic acids is 1. The fourth-order valence-corrected chi connectivity index (χ4v) is 3.21. The molecule has 0 saturated heterocycles. The van der Waals surface area contributed by atoms with Crippen LogP contribution >= 0.6 is 27.3 Å². The number of nitrogens with zero attached hydrogens (tertiary/aromatic N) is 2. The van der Waals surface area contributed by atoms with Crippen molar-refractivity contribution in [1.82, 2.24) is 9.88 Å². The molecule has 10 heteroatoms. The van der Waals surface area contributed by atoms with Gasteiger partial charge < -0.3 is 14.4 Å². The standard InChI is InChI=1S/C14H14BrF3N2O3S/c1-8-7-24-12(19-8)13(22,14(16,17)18)5-11(21)20(2)6-9-3-4-10(15)23-9/h3-4,7,22H,5-6H2,1-2H3. The van der Waals surface area contributed by atoms with Gasteiger partial charge in [0.1, 0.15) is 10.8 Å². The molecule has 0 aliphatic carbocycles. The molecule has 2 heterocycles. The number of hydrogen-bond donors (Lipinski definition) is 1. The van der Waals surface area contributed by atoms with Crippen molar-refractivity contribution >= 4 is 33.2 Å². The van der Waals surface area contributed by atoms with Crippen LogP contribution < -0.4 is 0 Å². The van der Waals surface area contributed by atoms with Gasteiger partial charge in [0.2, 0.25) is 11.5 Å². The Balaban J connectivity index is 2.18. The van der Waals surface area contributed by atoms with Gasteiger partial charge in [0.25, 0.3) is 0 Å². The normalized spacial score (nSPS) is 14.5. The number of halogens is 4. The Bertz CT molecular complexity index is 731. The summed E-state index contributed by atoms with van der Waals surface area (Å²) in [6.07, 6.45) is -6.18. The Kier molecular flexibility index (Phi) is 5.41. The highest BCUT2D eigenvalue weighted by atomic mass is 79.9. The second-order valence-corrected chi connectivity index (χ2v) is 6.92. The highest BCUT2D eigenvalue weighted by Gasteiger charge is 2.58. The Morgan fingerprint density at radius 1 is 1.46 bits per heavy atom. The minimum absolute atomic E-state index is 0.0186. The van der Waals surface area contributed by atoms with Gasteiger partial charge in [-0.1, -0.05) is 0 Å². The van der Waals surface area contributed by atoms with Gasteiger partial charge in [-0.3, -0.25) is 4.79 Å². The van der Waals surface area contributed by atoms with Crippen molar-refractivity contribution in [3.8, 4) is 0 Å². The molecular weight excluding hydrogens is 413 g/mol. The van der Waals surface area contributed by atoms with Crippen LogP contribution in [0.1, 0.15) is 22.9 Å². The highest BCUT2D eigenvalue weighted by Crippen LogP contribution is 2.43. The summed E-state index contributed by atoms with van der Waals surface area (Å²) < 4.78 is 45.8. The fraction of sp³-hybridized carbons (Fsp3) is 0.429. The molecular formula is C14H14BrF3N2O3S. The molecule has 1 unspecified atom stereocenters. The maximum atomic E-state index is 13.4. The van der Waals surface area contributed by atoms with Crippen molar-refractivity contribution in [2.45, 2.75) is 31.7 Å². The summed E-state index contributed by atoms with van der Waals surface area (Å²) in [6, 6.07) is 3.20. The largest absolute Gasteiger partial charge is 0.452 e. The number of amides is 1. The van der Waals surface area contributed by atoms with Crippen molar-refractivity contribution in [3.05, 3.63) is 38.6 Å². The summed E-state index contributed by atoms with van der Waals surface area (Å²) in [5.74, 6) is -0.478. The molecule has 0 bridgehead atoms. The lowest BCUT2D eigenvalue weighted by Gasteiger charge is -2.29. The van der Waals surface area contributed by atoms with E-state index in [0.717, 1.165) is 4.90 Å². The van der Waals surface area contributed by atoms with Gasteiger partial charge in [0.15, 0.2) is 4.67 Å². The van der Waals surface area contributed by atoms with E-state index in [-0.39, 0.29) is 6.54 Å². The SMILES string of the molecule is Cc1csc(C(O)(CC(=O)N(C)Cc2ccc(Br)o2)C(F)(F)F)n1. The summed E-state index contributed by atoms with van der Waals surface area (Å²) in [5, 5.41) is 11.0. The van der Waals surface area contributed by atoms with Gasteiger partial charge in [0, 0.05) is 18.1 Å². The number of rotatable bonds is 5. The van der Waals surface area contributed by atoms with E-state index < -0.39 is 29.1 Å². The quantitative estimate of drug-likeness (QED) is 0.792. The number of carbonyl (C=O) groups is 1. The van der Waals surface area contributed by atoms with Crippen LogP contribution in [0.2, 0.25) is 0 Å². The first kappa shape index (κ1) is 18.9. The van der Waals surface area contributed by atoms with E-state index in [9.17, 15) is 23.1 Å². The van der Waals surface area contributed by atoms with Crippen LogP contribution in [0.4, 0.5) is 13.2 Å². The van der Waals surface area contributed by atoms with E-state index in [4.69, 9.17) is 4.42 Å². The van der Waals surface area contributed by atoms with E-state index in [1.54, 1.807) is 12.1 Å². The summed E-state index contributed by atoms with van der Waals surface area (Å²) >= 11 is 3.77. The molecule has 1 amide bonds. The maximum absolute atomic E-state index is 13.4. The first-order valence-corrected chi connectivity index (χ1v) is 8.40. The van der Waals surface area contributed by atoms with Crippen molar-refractivity contribution in [1.29, 1.82) is 0 Å². The van der Waals surface area contributed by atoms with Gasteiger partial charge in [-0.05, 0) is 35.0 Å². The molecule has 2 aromatic heterocycles. The molecule has 0 spiro atoms. The van der Waals surface area contributed by atoms with Crippen LogP contribution in [0, 0.1) is 6.92 Å². The third-order valence-corrected chi connectivity index (χ3v) is 4.83. The van der Waals surface area contributed by atoms with Crippen molar-refractivity contribution in [2.75, 3.05) is 7.05 Å². The van der Waals surface area contributed by atoms with Crippen LogP contribution in [0.25, 0.3) is 0 Å². The molecule has 5 nitrogen and oxygen atoms in total. The number of hydrogen-bond acceptors (Lipinski definition) is 5. The fourth-order valence-electron chi connectivity index (χ4n) is 1.95. The van der Waals surface area contributed by atoms with Crippen LogP contribution in [0.3, 0.4) is 0 Å². The Labute approximate surface area is 148 Å². The molecule has 0 radical (unpaired) electrons. The lowest BCUT2D eigenvalue weighted by atomic mass is 9.99. The first-order valence-electron chi connectivity index (χ1n) is 6.73. The van der Waals surface area contributed by atoms with Crippen molar-refractivity contribution in [3.63, 3.8) is 0 Å². The summed E-state index contributed by atoms with van der Waals surface area (Å²) in [7, 11) is 1.34. The molecule has 132 valence electrons. The van der Waals surface area contributed by atoms with Gasteiger partial charge >= 0.3 is 6.18 Å². The van der Waals surface area contributed by atoms with Crippen molar-refractivity contribution in [2.24, 2.45) is 0 Å². The third-order valence-electron chi connectivity index (χ3n) is 3.30. The summed E-state index contributed by atoms with van der Waals surface area (Å²) in [4.78, 5) is 16.9. The predicted molar refractivity (Wildman–Crippen MR) is 84.3 cm³/mol. The van der Waals surface area contributed by atoms with E-state index in [2.05, 4.69) is 20.9 Å². The van der Waals surface area contributed by atoms with Crippen molar-refractivity contribution < 1.29 is 27.5 Å². The van der Waals surface area contributed by atoms with Gasteiger partial charge in [-0.15, -0.1) is 11.3 Å². The molecule has 1 N–H and O–H groups in total. The van der Waals surface area contributed by atoms with Crippen LogP contribution in [-0.4, -0.2) is 34.1 Å². The number of aliphatic hydroxyl groups is 1. The number of furan rings is 1.